The van der Waals surface area contributed by atoms with E-state index in [1.807, 2.05) is 12.4 Å². The van der Waals surface area contributed by atoms with Crippen LogP contribution in [0.3, 0.4) is 0 Å². The van der Waals surface area contributed by atoms with Crippen molar-refractivity contribution >= 4 is 21.4 Å². The Morgan fingerprint density at radius 1 is 1.39 bits per heavy atom. The van der Waals surface area contributed by atoms with Gasteiger partial charge in [0.2, 0.25) is 0 Å². The van der Waals surface area contributed by atoms with E-state index in [1.165, 1.54) is 10.1 Å². The van der Waals surface area contributed by atoms with Crippen LogP contribution >= 0.6 is 11.3 Å². The quantitative estimate of drug-likeness (QED) is 0.783. The van der Waals surface area contributed by atoms with Gasteiger partial charge in [-0.2, -0.15) is 0 Å². The molecule has 18 heavy (non-hydrogen) atoms. The van der Waals surface area contributed by atoms with Gasteiger partial charge in [-0.25, -0.2) is 4.98 Å². The summed E-state index contributed by atoms with van der Waals surface area (Å²) in [5.41, 5.74) is 7.53. The van der Waals surface area contributed by atoms with Crippen molar-refractivity contribution in [3.05, 3.63) is 53.4 Å². The molecule has 0 amide bonds. The van der Waals surface area contributed by atoms with Crippen molar-refractivity contribution < 1.29 is 0 Å². The fourth-order valence-electron chi connectivity index (χ4n) is 2.25. The third-order valence-electron chi connectivity index (χ3n) is 3.21. The topological polar surface area (TPSA) is 43.8 Å². The summed E-state index contributed by atoms with van der Waals surface area (Å²) in [4.78, 5) is 4.39. The lowest BCUT2D eigenvalue weighted by Crippen LogP contribution is -2.17. The number of aromatic nitrogens is 2. The molecule has 2 heterocycles. The average molecular weight is 257 g/mol. The first kappa shape index (κ1) is 11.4. The zero-order valence-electron chi connectivity index (χ0n) is 10.2. The van der Waals surface area contributed by atoms with Gasteiger partial charge < -0.3 is 10.3 Å². The van der Waals surface area contributed by atoms with Gasteiger partial charge in [-0.1, -0.05) is 18.2 Å². The third kappa shape index (κ3) is 1.74. The minimum absolute atomic E-state index is 0.156. The van der Waals surface area contributed by atoms with Crippen molar-refractivity contribution in [3.63, 3.8) is 0 Å². The van der Waals surface area contributed by atoms with E-state index in [0.29, 0.717) is 0 Å². The molecular weight excluding hydrogens is 242 g/mol. The lowest BCUT2D eigenvalue weighted by atomic mass is 10.1. The van der Waals surface area contributed by atoms with Crippen molar-refractivity contribution in [2.24, 2.45) is 5.73 Å². The third-order valence-corrected chi connectivity index (χ3v) is 4.19. The number of benzene rings is 1. The summed E-state index contributed by atoms with van der Waals surface area (Å²) in [6.07, 6.45) is 3.79. The molecule has 0 aliphatic rings. The monoisotopic (exact) mass is 257 g/mol. The van der Waals surface area contributed by atoms with Crippen molar-refractivity contribution in [2.45, 2.75) is 19.5 Å². The van der Waals surface area contributed by atoms with Crippen LogP contribution < -0.4 is 5.73 Å². The van der Waals surface area contributed by atoms with Crippen LogP contribution in [0.4, 0.5) is 0 Å². The van der Waals surface area contributed by atoms with Crippen LogP contribution in [0.25, 0.3) is 10.1 Å². The molecule has 0 saturated heterocycles. The largest absolute Gasteiger partial charge is 0.334 e. The van der Waals surface area contributed by atoms with Crippen LogP contribution in [0.5, 0.6) is 0 Å². The smallest absolute Gasteiger partial charge is 0.130 e. The Kier molecular flexibility index (Phi) is 2.89. The van der Waals surface area contributed by atoms with Gasteiger partial charge in [0.15, 0.2) is 0 Å². The summed E-state index contributed by atoms with van der Waals surface area (Å²) in [6.45, 7) is 2.99. The normalized spacial score (nSPS) is 13.0. The van der Waals surface area contributed by atoms with Crippen LogP contribution in [-0.2, 0) is 6.54 Å². The Morgan fingerprint density at radius 2 is 2.22 bits per heavy atom. The molecule has 1 unspecified atom stereocenters. The lowest BCUT2D eigenvalue weighted by Gasteiger charge is -2.12. The molecule has 1 aromatic carbocycles. The summed E-state index contributed by atoms with van der Waals surface area (Å²) in [7, 11) is 0. The van der Waals surface area contributed by atoms with Crippen LogP contribution in [0.2, 0.25) is 0 Å². The summed E-state index contributed by atoms with van der Waals surface area (Å²) >= 11 is 1.74. The van der Waals surface area contributed by atoms with Crippen LogP contribution in [0.15, 0.2) is 42.0 Å². The summed E-state index contributed by atoms with van der Waals surface area (Å²) in [5.74, 6) is 0.932. The Hall–Kier alpha value is -1.65. The van der Waals surface area contributed by atoms with E-state index in [4.69, 9.17) is 5.73 Å². The number of nitrogens with zero attached hydrogens (tertiary/aromatic N) is 2. The molecule has 0 radical (unpaired) electrons. The molecule has 2 N–H and O–H groups in total. The molecule has 3 rings (SSSR count). The maximum absolute atomic E-state index is 6.37. The first-order chi connectivity index (χ1) is 8.81. The number of hydrogen-bond donors (Lipinski definition) is 1. The van der Waals surface area contributed by atoms with Crippen LogP contribution in [0, 0.1) is 0 Å². The van der Waals surface area contributed by atoms with E-state index >= 15 is 0 Å². The first-order valence-corrected chi connectivity index (χ1v) is 6.92. The highest BCUT2D eigenvalue weighted by molar-refractivity contribution is 7.17. The zero-order chi connectivity index (χ0) is 12.5. The van der Waals surface area contributed by atoms with Gasteiger partial charge >= 0.3 is 0 Å². The second-order valence-electron chi connectivity index (χ2n) is 4.24. The number of rotatable bonds is 3. The van der Waals surface area contributed by atoms with E-state index in [-0.39, 0.29) is 6.04 Å². The number of aryl methyl sites for hydroxylation is 1. The predicted molar refractivity (Wildman–Crippen MR) is 75.8 cm³/mol. The van der Waals surface area contributed by atoms with Crippen LogP contribution in [0.1, 0.15) is 24.4 Å². The Morgan fingerprint density at radius 3 is 3.06 bits per heavy atom. The second-order valence-corrected chi connectivity index (χ2v) is 5.15. The van der Waals surface area contributed by atoms with E-state index in [9.17, 15) is 0 Å². The molecule has 0 aliphatic carbocycles. The Bertz CT molecular complexity index is 668. The molecule has 3 aromatic rings. The van der Waals surface area contributed by atoms with E-state index in [0.717, 1.165) is 17.9 Å². The Labute approximate surface area is 110 Å². The minimum Gasteiger partial charge on any atom is -0.334 e. The van der Waals surface area contributed by atoms with E-state index in [2.05, 4.69) is 46.1 Å². The number of hydrogen-bond acceptors (Lipinski definition) is 3. The molecule has 0 bridgehead atoms. The predicted octanol–water partition coefficient (Wildman–Crippen LogP) is 3.17. The summed E-state index contributed by atoms with van der Waals surface area (Å²) in [5, 5.41) is 3.38. The molecule has 0 aliphatic heterocycles. The van der Waals surface area contributed by atoms with Gasteiger partial charge in [0.1, 0.15) is 5.82 Å². The van der Waals surface area contributed by atoms with Crippen molar-refractivity contribution in [1.29, 1.82) is 0 Å². The van der Waals surface area contributed by atoms with Gasteiger partial charge in [0, 0.05) is 23.6 Å². The molecule has 3 nitrogen and oxygen atoms in total. The fraction of sp³-hybridized carbons (Fsp3) is 0.214. The molecule has 1 atom stereocenters. The molecular formula is C14H15N3S. The number of fused-ring (bicyclic) bond motifs is 1. The van der Waals surface area contributed by atoms with Gasteiger partial charge in [-0.3, -0.25) is 0 Å². The summed E-state index contributed by atoms with van der Waals surface area (Å²) < 4.78 is 3.37. The first-order valence-electron chi connectivity index (χ1n) is 6.04. The molecule has 0 fully saturated rings. The molecule has 0 saturated carbocycles. The highest BCUT2D eigenvalue weighted by Gasteiger charge is 2.17. The van der Waals surface area contributed by atoms with Gasteiger partial charge in [-0.05, 0) is 29.3 Å². The Balaban J connectivity index is 2.09. The molecule has 92 valence electrons. The fourth-order valence-corrected chi connectivity index (χ4v) is 3.24. The lowest BCUT2D eigenvalue weighted by molar-refractivity contribution is 0.659. The summed E-state index contributed by atoms with van der Waals surface area (Å²) in [6, 6.07) is 8.21. The maximum Gasteiger partial charge on any atom is 0.130 e. The van der Waals surface area contributed by atoms with Crippen molar-refractivity contribution in [3.8, 4) is 0 Å². The van der Waals surface area contributed by atoms with Crippen molar-refractivity contribution in [1.82, 2.24) is 9.55 Å². The molecule has 4 heteroatoms. The highest BCUT2D eigenvalue weighted by Crippen LogP contribution is 2.31. The minimum atomic E-state index is -0.156. The van der Waals surface area contributed by atoms with E-state index in [1.54, 1.807) is 11.3 Å². The van der Waals surface area contributed by atoms with E-state index < -0.39 is 0 Å². The SMILES string of the molecule is CCn1ccnc1C(N)c1csc2ccccc12. The second kappa shape index (κ2) is 4.55. The van der Waals surface area contributed by atoms with Gasteiger partial charge in [0.05, 0.1) is 6.04 Å². The highest BCUT2D eigenvalue weighted by atomic mass is 32.1. The van der Waals surface area contributed by atoms with Gasteiger partial charge in [0.25, 0.3) is 0 Å². The number of nitrogens with two attached hydrogens (primary N) is 1. The van der Waals surface area contributed by atoms with Crippen molar-refractivity contribution in [2.75, 3.05) is 0 Å². The van der Waals surface area contributed by atoms with Gasteiger partial charge in [-0.15, -0.1) is 11.3 Å². The molecule has 0 spiro atoms. The number of thiophene rings is 1. The van der Waals surface area contributed by atoms with Crippen LogP contribution in [-0.4, -0.2) is 9.55 Å². The zero-order valence-corrected chi connectivity index (χ0v) is 11.0. The molecule has 2 aromatic heterocycles. The standard InChI is InChI=1S/C14H15N3S/c1-2-17-8-7-16-14(17)13(15)11-9-18-12-6-4-3-5-10(11)12/h3-9,13H,2,15H2,1H3. The number of imidazole rings is 1. The maximum atomic E-state index is 6.37. The average Bonchev–Trinajstić information content (AvgIpc) is 3.04.